The van der Waals surface area contributed by atoms with Gasteiger partial charge in [-0.25, -0.2) is 4.39 Å². The molecule has 228 valence electrons. The first-order valence-electron chi connectivity index (χ1n) is 14.2. The van der Waals surface area contributed by atoms with Crippen molar-refractivity contribution in [2.75, 3.05) is 62.6 Å². The minimum Gasteiger partial charge on any atom is -0.497 e. The zero-order valence-electron chi connectivity index (χ0n) is 24.9. The number of para-hydroxylation sites is 2. The van der Waals surface area contributed by atoms with Gasteiger partial charge in [0.1, 0.15) is 23.1 Å². The molecule has 1 saturated heterocycles. The topological polar surface area (TPSA) is 92.4 Å². The highest BCUT2D eigenvalue weighted by atomic mass is 19.1. The first-order valence-corrected chi connectivity index (χ1v) is 14.2. The van der Waals surface area contributed by atoms with Crippen molar-refractivity contribution in [1.29, 1.82) is 0 Å². The Morgan fingerprint density at radius 3 is 2.00 bits per heavy atom. The van der Waals surface area contributed by atoms with E-state index in [1.54, 1.807) is 49.6 Å². The van der Waals surface area contributed by atoms with Gasteiger partial charge in [-0.05, 0) is 60.2 Å². The van der Waals surface area contributed by atoms with Crippen molar-refractivity contribution in [3.8, 4) is 17.2 Å². The van der Waals surface area contributed by atoms with Crippen LogP contribution in [-0.4, -0.2) is 59.3 Å². The Morgan fingerprint density at radius 2 is 1.36 bits per heavy atom. The third kappa shape index (κ3) is 7.03. The molecule has 5 rings (SSSR count). The lowest BCUT2D eigenvalue weighted by atomic mass is 10.1. The van der Waals surface area contributed by atoms with Gasteiger partial charge in [0.2, 0.25) is 0 Å². The van der Waals surface area contributed by atoms with Gasteiger partial charge in [-0.15, -0.1) is 0 Å². The zero-order chi connectivity index (χ0) is 31.1. The standard InChI is InChI=1S/C34H35FN4O5/c1-42-27-18-24(19-28(21-27)43-2)33(40)37-26-12-13-30(29(20-26)34(41)36-22-23-8-10-25(35)11-9-23)38-14-16-39(17-15-38)31-6-4-5-7-32(31)44-3/h4-13,18-21H,14-17,22H2,1-3H3,(H,36,41)(H,37,40). The monoisotopic (exact) mass is 598 g/mol. The van der Waals surface area contributed by atoms with E-state index in [0.717, 1.165) is 35.8 Å². The van der Waals surface area contributed by atoms with E-state index in [9.17, 15) is 14.0 Å². The maximum absolute atomic E-state index is 13.6. The fourth-order valence-electron chi connectivity index (χ4n) is 5.17. The first kappa shape index (κ1) is 30.2. The Labute approximate surface area is 256 Å². The van der Waals surface area contributed by atoms with Crippen LogP contribution in [0.15, 0.2) is 84.9 Å². The highest BCUT2D eigenvalue weighted by Crippen LogP contribution is 2.31. The molecule has 9 nitrogen and oxygen atoms in total. The second-order valence-electron chi connectivity index (χ2n) is 10.2. The van der Waals surface area contributed by atoms with Gasteiger partial charge in [0.05, 0.1) is 32.6 Å². The van der Waals surface area contributed by atoms with Gasteiger partial charge < -0.3 is 34.6 Å². The summed E-state index contributed by atoms with van der Waals surface area (Å²) >= 11 is 0. The number of carbonyl (C=O) groups is 2. The zero-order valence-corrected chi connectivity index (χ0v) is 24.9. The third-order valence-corrected chi connectivity index (χ3v) is 7.53. The van der Waals surface area contributed by atoms with E-state index >= 15 is 0 Å². The van der Waals surface area contributed by atoms with E-state index in [0.29, 0.717) is 41.4 Å². The van der Waals surface area contributed by atoms with Crippen molar-refractivity contribution in [3.63, 3.8) is 0 Å². The molecule has 1 fully saturated rings. The summed E-state index contributed by atoms with van der Waals surface area (Å²) in [5, 5.41) is 5.84. The molecule has 0 unspecified atom stereocenters. The van der Waals surface area contributed by atoms with E-state index in [-0.39, 0.29) is 24.2 Å². The highest BCUT2D eigenvalue weighted by Gasteiger charge is 2.24. The van der Waals surface area contributed by atoms with E-state index in [4.69, 9.17) is 14.2 Å². The van der Waals surface area contributed by atoms with Gasteiger partial charge in [-0.2, -0.15) is 0 Å². The van der Waals surface area contributed by atoms with Crippen LogP contribution in [-0.2, 0) is 6.54 Å². The quantitative estimate of drug-likeness (QED) is 0.254. The van der Waals surface area contributed by atoms with Gasteiger partial charge in [0.25, 0.3) is 11.8 Å². The molecule has 1 heterocycles. The summed E-state index contributed by atoms with van der Waals surface area (Å²) in [6.07, 6.45) is 0. The molecule has 4 aromatic carbocycles. The molecule has 2 amide bonds. The third-order valence-electron chi connectivity index (χ3n) is 7.53. The van der Waals surface area contributed by atoms with Crippen LogP contribution >= 0.6 is 0 Å². The lowest BCUT2D eigenvalue weighted by Gasteiger charge is -2.38. The number of benzene rings is 4. The summed E-state index contributed by atoms with van der Waals surface area (Å²) in [4.78, 5) is 31.2. The number of nitrogens with zero attached hydrogens (tertiary/aromatic N) is 2. The first-order chi connectivity index (χ1) is 21.4. The van der Waals surface area contributed by atoms with Crippen molar-refractivity contribution in [1.82, 2.24) is 5.32 Å². The molecule has 0 aromatic heterocycles. The molecule has 0 aliphatic carbocycles. The van der Waals surface area contributed by atoms with Crippen LogP contribution in [0.3, 0.4) is 0 Å². The van der Waals surface area contributed by atoms with Crippen LogP contribution in [0.25, 0.3) is 0 Å². The molecule has 1 aliphatic rings. The largest absolute Gasteiger partial charge is 0.497 e. The van der Waals surface area contributed by atoms with Crippen molar-refractivity contribution < 1.29 is 28.2 Å². The maximum atomic E-state index is 13.6. The predicted molar refractivity (Wildman–Crippen MR) is 169 cm³/mol. The number of nitrogens with one attached hydrogen (secondary N) is 2. The smallest absolute Gasteiger partial charge is 0.255 e. The Balaban J connectivity index is 1.38. The highest BCUT2D eigenvalue weighted by molar-refractivity contribution is 6.06. The minimum atomic E-state index is -0.377. The summed E-state index contributed by atoms with van der Waals surface area (Å²) in [7, 11) is 4.70. The maximum Gasteiger partial charge on any atom is 0.255 e. The second-order valence-corrected chi connectivity index (χ2v) is 10.2. The molecular weight excluding hydrogens is 563 g/mol. The molecule has 0 bridgehead atoms. The lowest BCUT2D eigenvalue weighted by molar-refractivity contribution is 0.0950. The van der Waals surface area contributed by atoms with E-state index < -0.39 is 0 Å². The van der Waals surface area contributed by atoms with Gasteiger partial charge >= 0.3 is 0 Å². The predicted octanol–water partition coefficient (Wildman–Crippen LogP) is 5.36. The Bertz CT molecular complexity index is 1600. The van der Waals surface area contributed by atoms with E-state index in [1.165, 1.54) is 26.4 Å². The Hall–Kier alpha value is -5.25. The van der Waals surface area contributed by atoms with E-state index in [2.05, 4.69) is 20.4 Å². The summed E-state index contributed by atoms with van der Waals surface area (Å²) in [5.74, 6) is 0.756. The number of carbonyl (C=O) groups excluding carboxylic acids is 2. The minimum absolute atomic E-state index is 0.223. The summed E-state index contributed by atoms with van der Waals surface area (Å²) in [6.45, 7) is 3.03. The van der Waals surface area contributed by atoms with Crippen LogP contribution in [0.1, 0.15) is 26.3 Å². The average Bonchev–Trinajstić information content (AvgIpc) is 3.07. The number of piperazine rings is 1. The number of hydrogen-bond donors (Lipinski definition) is 2. The normalized spacial score (nSPS) is 12.8. The van der Waals surface area contributed by atoms with Crippen molar-refractivity contribution in [2.24, 2.45) is 0 Å². The number of anilines is 3. The van der Waals surface area contributed by atoms with Crippen LogP contribution < -0.4 is 34.6 Å². The van der Waals surface area contributed by atoms with Gasteiger partial charge in [-0.1, -0.05) is 24.3 Å². The molecule has 44 heavy (non-hydrogen) atoms. The number of rotatable bonds is 10. The Morgan fingerprint density at radius 1 is 0.727 bits per heavy atom. The molecule has 0 spiro atoms. The molecule has 2 N–H and O–H groups in total. The molecule has 0 saturated carbocycles. The number of halogens is 1. The summed E-state index contributed by atoms with van der Waals surface area (Å²) in [6, 6.07) is 24.1. The summed E-state index contributed by atoms with van der Waals surface area (Å²) in [5.41, 5.74) is 3.77. The molecule has 0 atom stereocenters. The fourth-order valence-corrected chi connectivity index (χ4v) is 5.17. The number of hydrogen-bond acceptors (Lipinski definition) is 7. The van der Waals surface area contributed by atoms with Gasteiger partial charge in [0.15, 0.2) is 0 Å². The van der Waals surface area contributed by atoms with Crippen LogP contribution in [0.5, 0.6) is 17.2 Å². The van der Waals surface area contributed by atoms with Crippen molar-refractivity contribution >= 4 is 28.9 Å². The lowest BCUT2D eigenvalue weighted by Crippen LogP contribution is -2.47. The Kier molecular flexibility index (Phi) is 9.49. The van der Waals surface area contributed by atoms with Gasteiger partial charge in [0, 0.05) is 55.7 Å². The fraction of sp³-hybridized carbons (Fsp3) is 0.235. The number of ether oxygens (including phenoxy) is 3. The molecule has 10 heteroatoms. The van der Waals surface area contributed by atoms with Crippen LogP contribution in [0.2, 0.25) is 0 Å². The van der Waals surface area contributed by atoms with Crippen molar-refractivity contribution in [3.05, 3.63) is 107 Å². The number of amides is 2. The SMILES string of the molecule is COc1cc(OC)cc(C(=O)Nc2ccc(N3CCN(c4ccccc4OC)CC3)c(C(=O)NCc3ccc(F)cc3)c2)c1. The second kappa shape index (κ2) is 13.8. The van der Waals surface area contributed by atoms with Gasteiger partial charge in [-0.3, -0.25) is 9.59 Å². The average molecular weight is 599 g/mol. The number of methoxy groups -OCH3 is 3. The summed E-state index contributed by atoms with van der Waals surface area (Å²) < 4.78 is 29.5. The van der Waals surface area contributed by atoms with E-state index in [1.807, 2.05) is 30.3 Å². The van der Waals surface area contributed by atoms with Crippen LogP contribution in [0.4, 0.5) is 21.5 Å². The molecule has 0 radical (unpaired) electrons. The molecule has 4 aromatic rings. The van der Waals surface area contributed by atoms with Crippen LogP contribution in [0, 0.1) is 5.82 Å². The molecular formula is C34H35FN4O5. The molecule has 1 aliphatic heterocycles. The van der Waals surface area contributed by atoms with Crippen molar-refractivity contribution in [2.45, 2.75) is 6.54 Å².